The number of hydrogen-bond acceptors (Lipinski definition) is 5. The van der Waals surface area contributed by atoms with E-state index in [9.17, 15) is 9.59 Å². The molecule has 0 unspecified atom stereocenters. The lowest BCUT2D eigenvalue weighted by molar-refractivity contribution is -0.0443. The number of nitrogens with one attached hydrogen (secondary N) is 1. The highest BCUT2D eigenvalue weighted by atomic mass is 32.1. The highest BCUT2D eigenvalue weighted by Crippen LogP contribution is 2.43. The van der Waals surface area contributed by atoms with Gasteiger partial charge in [0.05, 0.1) is 22.7 Å². The van der Waals surface area contributed by atoms with E-state index in [0.717, 1.165) is 29.0 Å². The monoisotopic (exact) mass is 379 g/mol. The van der Waals surface area contributed by atoms with Crippen LogP contribution in [0.15, 0.2) is 47.8 Å². The molecule has 1 saturated heterocycles. The van der Waals surface area contributed by atoms with Gasteiger partial charge in [0.1, 0.15) is 0 Å². The van der Waals surface area contributed by atoms with Crippen LogP contribution in [0.5, 0.6) is 0 Å². The molecule has 1 amide bonds. The molecule has 27 heavy (non-hydrogen) atoms. The Hall–Kier alpha value is -2.93. The Morgan fingerprint density at radius 2 is 2.15 bits per heavy atom. The number of thiophene rings is 1. The fourth-order valence-electron chi connectivity index (χ4n) is 4.00. The summed E-state index contributed by atoms with van der Waals surface area (Å²) in [5.74, 6) is -0.451. The molecular weight excluding hydrogens is 362 g/mol. The summed E-state index contributed by atoms with van der Waals surface area (Å²) in [6, 6.07) is 13.2. The molecule has 2 aliphatic rings. The molecule has 0 bridgehead atoms. The Kier molecular flexibility index (Phi) is 3.65. The lowest BCUT2D eigenvalue weighted by Gasteiger charge is -2.39. The lowest BCUT2D eigenvalue weighted by Crippen LogP contribution is -2.48. The predicted molar refractivity (Wildman–Crippen MR) is 101 cm³/mol. The van der Waals surface area contributed by atoms with Gasteiger partial charge in [-0.2, -0.15) is 5.10 Å². The van der Waals surface area contributed by atoms with Crippen LogP contribution in [-0.2, 0) is 10.3 Å². The van der Waals surface area contributed by atoms with E-state index in [2.05, 4.69) is 10.2 Å². The Morgan fingerprint density at radius 1 is 1.26 bits per heavy atom. The number of esters is 1. The first-order valence-electron chi connectivity index (χ1n) is 8.88. The molecule has 3 aromatic rings. The predicted octanol–water partition coefficient (Wildman–Crippen LogP) is 3.44. The second-order valence-electron chi connectivity index (χ2n) is 6.90. The normalized spacial score (nSPS) is 21.3. The number of H-pyrrole nitrogens is 1. The number of benzene rings is 1. The molecule has 1 aromatic carbocycles. The van der Waals surface area contributed by atoms with E-state index in [-0.39, 0.29) is 11.9 Å². The molecule has 136 valence electrons. The Bertz CT molecular complexity index is 1030. The number of rotatable bonds is 2. The van der Waals surface area contributed by atoms with Crippen molar-refractivity contribution in [1.82, 2.24) is 15.1 Å². The summed E-state index contributed by atoms with van der Waals surface area (Å²) >= 11 is 1.59. The van der Waals surface area contributed by atoms with Crippen LogP contribution in [0.1, 0.15) is 39.3 Å². The summed E-state index contributed by atoms with van der Waals surface area (Å²) in [6.45, 7) is 0.983. The molecule has 2 aromatic heterocycles. The van der Waals surface area contributed by atoms with Gasteiger partial charge in [-0.3, -0.25) is 9.89 Å². The number of carbonyl (C=O) groups excluding carboxylic acids is 2. The van der Waals surface area contributed by atoms with Gasteiger partial charge in [0.2, 0.25) is 0 Å². The molecule has 5 rings (SSSR count). The first kappa shape index (κ1) is 16.3. The van der Waals surface area contributed by atoms with E-state index < -0.39 is 5.60 Å². The zero-order chi connectivity index (χ0) is 18.4. The number of likely N-dealkylation sites (tertiary alicyclic amines) is 1. The zero-order valence-electron chi connectivity index (χ0n) is 14.5. The average Bonchev–Trinajstić information content (AvgIpc) is 3.42. The van der Waals surface area contributed by atoms with Crippen molar-refractivity contribution in [2.45, 2.75) is 18.4 Å². The number of fused-ring (bicyclic) bond motifs is 2. The van der Waals surface area contributed by atoms with Gasteiger partial charge in [-0.1, -0.05) is 24.3 Å². The van der Waals surface area contributed by atoms with Gasteiger partial charge in [-0.25, -0.2) is 4.79 Å². The summed E-state index contributed by atoms with van der Waals surface area (Å²) in [5, 5.41) is 9.13. The van der Waals surface area contributed by atoms with Crippen molar-refractivity contribution in [3.05, 3.63) is 64.7 Å². The molecule has 7 heteroatoms. The van der Waals surface area contributed by atoms with Gasteiger partial charge in [0.25, 0.3) is 5.91 Å². The maximum Gasteiger partial charge on any atom is 0.339 e. The number of nitrogens with zero attached hydrogens (tertiary/aromatic N) is 2. The number of aromatic amines is 1. The topological polar surface area (TPSA) is 75.3 Å². The van der Waals surface area contributed by atoms with Crippen LogP contribution in [0.4, 0.5) is 0 Å². The molecule has 2 aliphatic heterocycles. The van der Waals surface area contributed by atoms with E-state index in [1.54, 1.807) is 28.4 Å². The number of hydrogen-bond donors (Lipinski definition) is 1. The third-order valence-corrected chi connectivity index (χ3v) is 6.15. The molecule has 1 atom stereocenters. The Morgan fingerprint density at radius 3 is 3.00 bits per heavy atom. The standard InChI is InChI=1S/C20H17N3O3S/c24-18(16-11-15(21-22-16)17-7-3-10-27-17)23-9-4-8-20(12-23)14-6-2-1-5-13(14)19(25)26-20/h1-3,5-7,10-11H,4,8-9,12H2,(H,21,22)/t20-/m1/s1. The average molecular weight is 379 g/mol. The van der Waals surface area contributed by atoms with Gasteiger partial charge in [-0.05, 0) is 36.4 Å². The van der Waals surface area contributed by atoms with E-state index in [4.69, 9.17) is 4.74 Å². The van der Waals surface area contributed by atoms with Crippen LogP contribution in [0.3, 0.4) is 0 Å². The number of aromatic nitrogens is 2. The van der Waals surface area contributed by atoms with Gasteiger partial charge < -0.3 is 9.64 Å². The van der Waals surface area contributed by atoms with Crippen molar-refractivity contribution in [1.29, 1.82) is 0 Å². The Labute approximate surface area is 159 Å². The maximum atomic E-state index is 13.0. The zero-order valence-corrected chi connectivity index (χ0v) is 15.3. The minimum atomic E-state index is -0.742. The van der Waals surface area contributed by atoms with Crippen LogP contribution >= 0.6 is 11.3 Å². The molecule has 0 radical (unpaired) electrons. The molecule has 1 fully saturated rings. The van der Waals surface area contributed by atoms with Crippen LogP contribution in [0, 0.1) is 0 Å². The molecule has 4 heterocycles. The minimum absolute atomic E-state index is 0.145. The van der Waals surface area contributed by atoms with E-state index in [1.165, 1.54) is 0 Å². The number of piperidine rings is 1. The molecule has 1 spiro atoms. The van der Waals surface area contributed by atoms with Crippen molar-refractivity contribution in [3.8, 4) is 10.6 Å². The van der Waals surface area contributed by atoms with Gasteiger partial charge in [0.15, 0.2) is 11.3 Å². The summed E-state index contributed by atoms with van der Waals surface area (Å²) in [7, 11) is 0. The highest BCUT2D eigenvalue weighted by Gasteiger charge is 2.48. The third kappa shape index (κ3) is 2.57. The maximum absolute atomic E-state index is 13.0. The summed E-state index contributed by atoms with van der Waals surface area (Å²) in [5.41, 5.74) is 1.96. The van der Waals surface area contributed by atoms with Crippen LogP contribution < -0.4 is 0 Å². The summed E-state index contributed by atoms with van der Waals surface area (Å²) in [4.78, 5) is 28.1. The van der Waals surface area contributed by atoms with Crippen molar-refractivity contribution >= 4 is 23.2 Å². The molecular formula is C20H17N3O3S. The Balaban J connectivity index is 1.42. The van der Waals surface area contributed by atoms with Crippen molar-refractivity contribution in [2.24, 2.45) is 0 Å². The number of carbonyl (C=O) groups is 2. The van der Waals surface area contributed by atoms with E-state index in [0.29, 0.717) is 24.3 Å². The lowest BCUT2D eigenvalue weighted by atomic mass is 9.85. The van der Waals surface area contributed by atoms with E-state index in [1.807, 2.05) is 35.7 Å². The molecule has 0 saturated carbocycles. The summed E-state index contributed by atoms with van der Waals surface area (Å²) in [6.07, 6.45) is 1.50. The van der Waals surface area contributed by atoms with Gasteiger partial charge in [-0.15, -0.1) is 11.3 Å². The highest BCUT2D eigenvalue weighted by molar-refractivity contribution is 7.13. The fraction of sp³-hybridized carbons (Fsp3) is 0.250. The van der Waals surface area contributed by atoms with Crippen molar-refractivity contribution in [2.75, 3.05) is 13.1 Å². The fourth-order valence-corrected chi connectivity index (χ4v) is 4.69. The van der Waals surface area contributed by atoms with Crippen LogP contribution in [0.25, 0.3) is 10.6 Å². The first-order chi connectivity index (χ1) is 13.2. The van der Waals surface area contributed by atoms with Crippen molar-refractivity contribution < 1.29 is 14.3 Å². The molecule has 6 nitrogen and oxygen atoms in total. The van der Waals surface area contributed by atoms with Gasteiger partial charge >= 0.3 is 5.97 Å². The molecule has 1 N–H and O–H groups in total. The van der Waals surface area contributed by atoms with E-state index >= 15 is 0 Å². The second-order valence-corrected chi connectivity index (χ2v) is 7.85. The summed E-state index contributed by atoms with van der Waals surface area (Å²) < 4.78 is 5.78. The third-order valence-electron chi connectivity index (χ3n) is 5.25. The SMILES string of the molecule is O=C1O[C@@]2(CCCN(C(=O)c3cc(-c4cccs4)[nH]n3)C2)c2ccccc21. The van der Waals surface area contributed by atoms with Crippen LogP contribution in [0.2, 0.25) is 0 Å². The van der Waals surface area contributed by atoms with Crippen molar-refractivity contribution in [3.63, 3.8) is 0 Å². The smallest absolute Gasteiger partial charge is 0.339 e. The first-order valence-corrected chi connectivity index (χ1v) is 9.76. The second kappa shape index (κ2) is 6.06. The largest absolute Gasteiger partial charge is 0.449 e. The number of amides is 1. The van der Waals surface area contributed by atoms with Crippen LogP contribution in [-0.4, -0.2) is 40.1 Å². The molecule has 0 aliphatic carbocycles. The quantitative estimate of drug-likeness (QED) is 0.692. The van der Waals surface area contributed by atoms with Gasteiger partial charge in [0, 0.05) is 12.1 Å². The minimum Gasteiger partial charge on any atom is -0.449 e. The number of ether oxygens (including phenoxy) is 1.